The first kappa shape index (κ1) is 32.4. The molecule has 270 valence electrons. The Hall–Kier alpha value is -7.89. The van der Waals surface area contributed by atoms with Crippen LogP contribution in [-0.2, 0) is 0 Å². The minimum absolute atomic E-state index is 0.650. The second kappa shape index (κ2) is 12.8. The van der Waals surface area contributed by atoms with Gasteiger partial charge in [0.05, 0.1) is 22.5 Å². The number of furan rings is 2. The first-order valence-electron chi connectivity index (χ1n) is 19.4. The Morgan fingerprint density at radius 3 is 1.71 bits per heavy atom. The van der Waals surface area contributed by atoms with Crippen molar-refractivity contribution in [1.82, 2.24) is 15.0 Å². The molecule has 0 aliphatic rings. The van der Waals surface area contributed by atoms with Crippen molar-refractivity contribution in [3.63, 3.8) is 0 Å². The number of rotatable bonds is 5. The average Bonchev–Trinajstić information content (AvgIpc) is 3.87. The molecule has 4 heterocycles. The molecule has 0 radical (unpaired) electrons. The molecule has 4 aromatic heterocycles. The number of aromatic nitrogens is 3. The summed E-state index contributed by atoms with van der Waals surface area (Å²) in [5.74, 6) is 0.654. The van der Waals surface area contributed by atoms with Gasteiger partial charge in [0.25, 0.3) is 0 Å². The Labute approximate surface area is 332 Å². The summed E-state index contributed by atoms with van der Waals surface area (Å²) in [6.07, 6.45) is 0. The maximum atomic E-state index is 6.48. The van der Waals surface area contributed by atoms with Gasteiger partial charge in [-0.25, -0.2) is 15.0 Å². The van der Waals surface area contributed by atoms with Gasteiger partial charge in [0.2, 0.25) is 5.71 Å². The van der Waals surface area contributed by atoms with Gasteiger partial charge in [0.15, 0.2) is 5.82 Å². The van der Waals surface area contributed by atoms with Crippen LogP contribution in [0.1, 0.15) is 0 Å². The molecule has 5 heteroatoms. The SMILES string of the molecule is c1ccc(-c2cc(-c3cccc4c3oc3ccccc34)nc(-c3ccc(-c4ccc(-c5nc6oc7ccccc7c6c6ccccc56)cc4)c4ccccc34)n2)cc1. The molecule has 12 aromatic rings. The Balaban J connectivity index is 0.991. The van der Waals surface area contributed by atoms with E-state index >= 15 is 0 Å². The predicted octanol–water partition coefficient (Wildman–Crippen LogP) is 14.3. The number of pyridine rings is 1. The predicted molar refractivity (Wildman–Crippen MR) is 237 cm³/mol. The first-order valence-corrected chi connectivity index (χ1v) is 19.4. The van der Waals surface area contributed by atoms with Crippen LogP contribution in [0.4, 0.5) is 0 Å². The van der Waals surface area contributed by atoms with E-state index in [1.54, 1.807) is 0 Å². The van der Waals surface area contributed by atoms with Crippen molar-refractivity contribution < 1.29 is 8.83 Å². The Kier molecular flexibility index (Phi) is 7.16. The van der Waals surface area contributed by atoms with E-state index in [1.807, 2.05) is 54.6 Å². The van der Waals surface area contributed by atoms with Gasteiger partial charge in [0, 0.05) is 43.8 Å². The third kappa shape index (κ3) is 5.07. The number of benzene rings is 8. The fourth-order valence-electron chi connectivity index (χ4n) is 8.63. The summed E-state index contributed by atoms with van der Waals surface area (Å²) >= 11 is 0. The molecule has 12 rings (SSSR count). The molecule has 0 atom stereocenters. The van der Waals surface area contributed by atoms with Gasteiger partial charge in [-0.05, 0) is 57.6 Å². The summed E-state index contributed by atoms with van der Waals surface area (Å²) in [6.45, 7) is 0. The minimum atomic E-state index is 0.650. The Bertz CT molecular complexity index is 3570. The van der Waals surface area contributed by atoms with Gasteiger partial charge in [-0.2, -0.15) is 0 Å². The summed E-state index contributed by atoms with van der Waals surface area (Å²) in [7, 11) is 0. The quantitative estimate of drug-likeness (QED) is 0.176. The molecule has 0 saturated heterocycles. The van der Waals surface area contributed by atoms with Gasteiger partial charge in [-0.1, -0.05) is 158 Å². The van der Waals surface area contributed by atoms with Crippen LogP contribution < -0.4 is 0 Å². The van der Waals surface area contributed by atoms with E-state index in [9.17, 15) is 0 Å². The Morgan fingerprint density at radius 1 is 0.328 bits per heavy atom. The Morgan fingerprint density at radius 2 is 0.914 bits per heavy atom. The lowest BCUT2D eigenvalue weighted by atomic mass is 9.93. The van der Waals surface area contributed by atoms with Crippen LogP contribution in [0.15, 0.2) is 197 Å². The standard InChI is InChI=1S/C53H31N3O2/c1-2-13-33(14-3-1)45-31-46(43-22-12-21-41-38-17-8-10-23-47(38)57-51(41)43)55-52(54-45)42-30-29-35(36-15-4-5-16-37(36)42)32-25-27-34(28-26-32)50-40-19-7-6-18-39(40)49-44-20-9-11-24-48(44)58-53(49)56-50/h1-31H. The molecule has 0 saturated carbocycles. The molecule has 0 bridgehead atoms. The van der Waals surface area contributed by atoms with E-state index in [0.717, 1.165) is 110 Å². The topological polar surface area (TPSA) is 65.0 Å². The third-order valence-corrected chi connectivity index (χ3v) is 11.4. The van der Waals surface area contributed by atoms with Crippen molar-refractivity contribution in [3.8, 4) is 56.3 Å². The summed E-state index contributed by atoms with van der Waals surface area (Å²) in [6, 6.07) is 65.0. The zero-order valence-corrected chi connectivity index (χ0v) is 31.1. The van der Waals surface area contributed by atoms with Crippen molar-refractivity contribution in [1.29, 1.82) is 0 Å². The van der Waals surface area contributed by atoms with Crippen LogP contribution in [0.5, 0.6) is 0 Å². The maximum Gasteiger partial charge on any atom is 0.228 e. The molecule has 0 spiro atoms. The molecule has 0 fully saturated rings. The highest BCUT2D eigenvalue weighted by molar-refractivity contribution is 6.20. The van der Waals surface area contributed by atoms with Crippen molar-refractivity contribution in [2.75, 3.05) is 0 Å². The number of nitrogens with zero attached hydrogens (tertiary/aromatic N) is 3. The van der Waals surface area contributed by atoms with Crippen molar-refractivity contribution in [2.45, 2.75) is 0 Å². The molecular weight excluding hydrogens is 711 g/mol. The summed E-state index contributed by atoms with van der Waals surface area (Å²) < 4.78 is 12.8. The highest BCUT2D eigenvalue weighted by Gasteiger charge is 2.20. The van der Waals surface area contributed by atoms with Crippen LogP contribution >= 0.6 is 0 Å². The molecule has 5 nitrogen and oxygen atoms in total. The van der Waals surface area contributed by atoms with Crippen molar-refractivity contribution >= 4 is 65.6 Å². The highest BCUT2D eigenvalue weighted by atomic mass is 16.3. The van der Waals surface area contributed by atoms with Crippen LogP contribution in [0.3, 0.4) is 0 Å². The summed E-state index contributed by atoms with van der Waals surface area (Å²) in [4.78, 5) is 15.6. The van der Waals surface area contributed by atoms with Gasteiger partial charge in [-0.15, -0.1) is 0 Å². The fraction of sp³-hybridized carbons (Fsp3) is 0. The molecule has 8 aromatic carbocycles. The third-order valence-electron chi connectivity index (χ3n) is 11.4. The van der Waals surface area contributed by atoms with E-state index in [4.69, 9.17) is 23.8 Å². The van der Waals surface area contributed by atoms with Gasteiger partial charge in [0.1, 0.15) is 16.7 Å². The smallest absolute Gasteiger partial charge is 0.228 e. The number of fused-ring (bicyclic) bond motifs is 9. The highest BCUT2D eigenvalue weighted by Crippen LogP contribution is 2.41. The van der Waals surface area contributed by atoms with Gasteiger partial charge in [-0.3, -0.25) is 0 Å². The van der Waals surface area contributed by atoms with Gasteiger partial charge < -0.3 is 8.83 Å². The molecule has 0 aliphatic carbocycles. The van der Waals surface area contributed by atoms with E-state index in [-0.39, 0.29) is 0 Å². The largest absolute Gasteiger partial charge is 0.455 e. The maximum absolute atomic E-state index is 6.48. The molecule has 0 N–H and O–H groups in total. The lowest BCUT2D eigenvalue weighted by Crippen LogP contribution is -1.97. The molecule has 0 unspecified atom stereocenters. The van der Waals surface area contributed by atoms with Crippen LogP contribution in [0.25, 0.3) is 122 Å². The summed E-state index contributed by atoms with van der Waals surface area (Å²) in [5, 5.41) is 8.70. The van der Waals surface area contributed by atoms with E-state index in [2.05, 4.69) is 133 Å². The molecule has 58 heavy (non-hydrogen) atoms. The average molecular weight is 742 g/mol. The second-order valence-electron chi connectivity index (χ2n) is 14.7. The normalized spacial score (nSPS) is 11.8. The van der Waals surface area contributed by atoms with Crippen LogP contribution in [0.2, 0.25) is 0 Å². The second-order valence-corrected chi connectivity index (χ2v) is 14.7. The zero-order valence-electron chi connectivity index (χ0n) is 31.1. The number of hydrogen-bond donors (Lipinski definition) is 0. The van der Waals surface area contributed by atoms with Crippen molar-refractivity contribution in [2.24, 2.45) is 0 Å². The fourth-order valence-corrected chi connectivity index (χ4v) is 8.63. The minimum Gasteiger partial charge on any atom is -0.455 e. The zero-order chi connectivity index (χ0) is 38.2. The van der Waals surface area contributed by atoms with Gasteiger partial charge >= 0.3 is 0 Å². The van der Waals surface area contributed by atoms with E-state index < -0.39 is 0 Å². The summed E-state index contributed by atoms with van der Waals surface area (Å²) in [5.41, 5.74) is 11.9. The lowest BCUT2D eigenvalue weighted by Gasteiger charge is -2.14. The van der Waals surface area contributed by atoms with E-state index in [0.29, 0.717) is 11.5 Å². The monoisotopic (exact) mass is 741 g/mol. The first-order chi connectivity index (χ1) is 28.7. The number of hydrogen-bond acceptors (Lipinski definition) is 5. The lowest BCUT2D eigenvalue weighted by molar-refractivity contribution is 0.655. The van der Waals surface area contributed by atoms with Crippen LogP contribution in [0, 0.1) is 0 Å². The number of para-hydroxylation sites is 3. The van der Waals surface area contributed by atoms with Crippen LogP contribution in [-0.4, -0.2) is 15.0 Å². The van der Waals surface area contributed by atoms with E-state index in [1.165, 1.54) is 0 Å². The van der Waals surface area contributed by atoms with Crippen molar-refractivity contribution in [3.05, 3.63) is 188 Å². The molecular formula is C53H31N3O2. The molecule has 0 aliphatic heterocycles. The molecule has 0 amide bonds.